The molecular formula is C17H21FN2. The van der Waals surface area contributed by atoms with E-state index < -0.39 is 0 Å². The van der Waals surface area contributed by atoms with Crippen molar-refractivity contribution in [3.63, 3.8) is 0 Å². The lowest BCUT2D eigenvalue weighted by Gasteiger charge is -2.20. The van der Waals surface area contributed by atoms with Gasteiger partial charge in [0.1, 0.15) is 5.82 Å². The van der Waals surface area contributed by atoms with Gasteiger partial charge in [0, 0.05) is 17.4 Å². The van der Waals surface area contributed by atoms with Crippen LogP contribution in [0.2, 0.25) is 0 Å². The van der Waals surface area contributed by atoms with Crippen LogP contribution in [0, 0.1) is 19.7 Å². The minimum atomic E-state index is -0.184. The summed E-state index contributed by atoms with van der Waals surface area (Å²) in [5.41, 5.74) is 4.23. The van der Waals surface area contributed by atoms with Crippen LogP contribution in [0.1, 0.15) is 35.5 Å². The number of aryl methyl sites for hydroxylation is 2. The largest absolute Gasteiger partial charge is 0.310 e. The second kappa shape index (κ2) is 6.62. The van der Waals surface area contributed by atoms with E-state index in [9.17, 15) is 4.39 Å². The summed E-state index contributed by atoms with van der Waals surface area (Å²) in [6.07, 6.45) is 0.761. The number of halogens is 1. The van der Waals surface area contributed by atoms with Crippen LogP contribution in [0.3, 0.4) is 0 Å². The Bertz CT molecular complexity index is 581. The highest BCUT2D eigenvalue weighted by Gasteiger charge is 2.14. The second-order valence-electron chi connectivity index (χ2n) is 5.07. The number of hydrogen-bond acceptors (Lipinski definition) is 2. The summed E-state index contributed by atoms with van der Waals surface area (Å²) >= 11 is 0. The molecule has 2 rings (SSSR count). The minimum Gasteiger partial charge on any atom is -0.310 e. The van der Waals surface area contributed by atoms with Gasteiger partial charge in [0.05, 0.1) is 0 Å². The zero-order chi connectivity index (χ0) is 14.5. The molecule has 0 aliphatic carbocycles. The quantitative estimate of drug-likeness (QED) is 0.897. The Kier molecular flexibility index (Phi) is 4.85. The highest BCUT2D eigenvalue weighted by Crippen LogP contribution is 2.21. The average Bonchev–Trinajstić information content (AvgIpc) is 2.38. The summed E-state index contributed by atoms with van der Waals surface area (Å²) in [6.45, 7) is 6.96. The van der Waals surface area contributed by atoms with Crippen LogP contribution in [-0.4, -0.2) is 11.5 Å². The number of nitrogens with one attached hydrogen (secondary N) is 1. The Balaban J connectivity index is 2.26. The first kappa shape index (κ1) is 14.7. The zero-order valence-electron chi connectivity index (χ0n) is 12.3. The van der Waals surface area contributed by atoms with E-state index >= 15 is 0 Å². The van der Waals surface area contributed by atoms with Gasteiger partial charge in [0.2, 0.25) is 0 Å². The number of rotatable bonds is 5. The number of hydrogen-bond donors (Lipinski definition) is 1. The van der Waals surface area contributed by atoms with Crippen LogP contribution < -0.4 is 5.32 Å². The number of aromatic nitrogens is 1. The van der Waals surface area contributed by atoms with Gasteiger partial charge in [-0.3, -0.25) is 4.98 Å². The fraction of sp³-hybridized carbons (Fsp3) is 0.353. The van der Waals surface area contributed by atoms with Gasteiger partial charge in [0.15, 0.2) is 0 Å². The van der Waals surface area contributed by atoms with Gasteiger partial charge in [-0.1, -0.05) is 25.1 Å². The Morgan fingerprint density at radius 2 is 2.00 bits per heavy atom. The molecule has 0 radical (unpaired) electrons. The number of pyridine rings is 1. The lowest BCUT2D eigenvalue weighted by Crippen LogP contribution is -2.24. The van der Waals surface area contributed by atoms with Crippen LogP contribution in [0.15, 0.2) is 36.4 Å². The molecule has 2 aromatic rings. The van der Waals surface area contributed by atoms with Crippen LogP contribution in [0.4, 0.5) is 4.39 Å². The molecule has 3 heteroatoms. The van der Waals surface area contributed by atoms with E-state index in [1.54, 1.807) is 12.1 Å². The van der Waals surface area contributed by atoms with Gasteiger partial charge in [-0.2, -0.15) is 0 Å². The normalized spacial score (nSPS) is 12.4. The molecule has 1 aromatic heterocycles. The van der Waals surface area contributed by atoms with Crippen molar-refractivity contribution in [3.05, 3.63) is 64.7 Å². The minimum absolute atomic E-state index is 0.162. The molecule has 0 aliphatic heterocycles. The van der Waals surface area contributed by atoms with E-state index in [1.165, 1.54) is 11.6 Å². The smallest absolute Gasteiger partial charge is 0.123 e. The molecule has 1 N–H and O–H groups in total. The third-order valence-corrected chi connectivity index (χ3v) is 3.42. The standard InChI is InChI=1S/C17H21FN2/c1-4-19-17(11-14-6-5-7-15(18)10-14)16-9-8-12(2)20-13(16)3/h5-10,17,19H,4,11H2,1-3H3. The first-order chi connectivity index (χ1) is 9.60. The number of benzene rings is 1. The maximum atomic E-state index is 13.3. The Hall–Kier alpha value is -1.74. The number of nitrogens with zero attached hydrogens (tertiary/aromatic N) is 1. The molecule has 1 atom stereocenters. The fourth-order valence-electron chi connectivity index (χ4n) is 2.50. The lowest BCUT2D eigenvalue weighted by molar-refractivity contribution is 0.542. The number of likely N-dealkylation sites (N-methyl/N-ethyl adjacent to an activating group) is 1. The van der Waals surface area contributed by atoms with Crippen LogP contribution >= 0.6 is 0 Å². The molecule has 0 saturated heterocycles. The molecule has 2 nitrogen and oxygen atoms in total. The van der Waals surface area contributed by atoms with Gasteiger partial charge in [-0.25, -0.2) is 4.39 Å². The summed E-state index contributed by atoms with van der Waals surface area (Å²) in [5.74, 6) is -0.184. The van der Waals surface area contributed by atoms with Crippen LogP contribution in [0.5, 0.6) is 0 Å². The third-order valence-electron chi connectivity index (χ3n) is 3.42. The molecule has 0 fully saturated rings. The third kappa shape index (κ3) is 3.64. The topological polar surface area (TPSA) is 24.9 Å². The van der Waals surface area contributed by atoms with Crippen molar-refractivity contribution in [2.45, 2.75) is 33.2 Å². The van der Waals surface area contributed by atoms with E-state index in [0.717, 1.165) is 29.9 Å². The molecule has 0 spiro atoms. The summed E-state index contributed by atoms with van der Waals surface area (Å²) in [7, 11) is 0. The first-order valence-electron chi connectivity index (χ1n) is 7.02. The van der Waals surface area contributed by atoms with Crippen molar-refractivity contribution in [2.75, 3.05) is 6.54 Å². The van der Waals surface area contributed by atoms with Crippen molar-refractivity contribution in [1.82, 2.24) is 10.3 Å². The van der Waals surface area contributed by atoms with E-state index in [4.69, 9.17) is 0 Å². The Morgan fingerprint density at radius 1 is 1.20 bits per heavy atom. The van der Waals surface area contributed by atoms with Gasteiger partial charge in [-0.05, 0) is 56.1 Å². The van der Waals surface area contributed by atoms with Crippen molar-refractivity contribution >= 4 is 0 Å². The maximum absolute atomic E-state index is 13.3. The molecule has 1 unspecified atom stereocenters. The van der Waals surface area contributed by atoms with Crippen molar-refractivity contribution < 1.29 is 4.39 Å². The zero-order valence-corrected chi connectivity index (χ0v) is 12.3. The van der Waals surface area contributed by atoms with Crippen molar-refractivity contribution in [2.24, 2.45) is 0 Å². The molecule has 106 valence electrons. The molecule has 0 saturated carbocycles. The van der Waals surface area contributed by atoms with Gasteiger partial charge < -0.3 is 5.32 Å². The fourth-order valence-corrected chi connectivity index (χ4v) is 2.50. The average molecular weight is 272 g/mol. The molecular weight excluding hydrogens is 251 g/mol. The molecule has 0 aliphatic rings. The van der Waals surface area contributed by atoms with E-state index in [2.05, 4.69) is 23.3 Å². The lowest BCUT2D eigenvalue weighted by atomic mass is 9.97. The second-order valence-corrected chi connectivity index (χ2v) is 5.07. The van der Waals surface area contributed by atoms with Gasteiger partial charge >= 0.3 is 0 Å². The monoisotopic (exact) mass is 272 g/mol. The molecule has 1 heterocycles. The van der Waals surface area contributed by atoms with E-state index in [1.807, 2.05) is 26.0 Å². The van der Waals surface area contributed by atoms with E-state index in [-0.39, 0.29) is 11.9 Å². The van der Waals surface area contributed by atoms with Crippen LogP contribution in [-0.2, 0) is 6.42 Å². The summed E-state index contributed by atoms with van der Waals surface area (Å²) in [4.78, 5) is 4.52. The Morgan fingerprint density at radius 3 is 2.65 bits per heavy atom. The SMILES string of the molecule is CCNC(Cc1cccc(F)c1)c1ccc(C)nc1C. The predicted octanol–water partition coefficient (Wildman–Crippen LogP) is 3.73. The Labute approximate surface area is 120 Å². The van der Waals surface area contributed by atoms with Gasteiger partial charge in [-0.15, -0.1) is 0 Å². The molecule has 0 amide bonds. The summed E-state index contributed by atoms with van der Waals surface area (Å²) in [5, 5.41) is 3.46. The molecule has 20 heavy (non-hydrogen) atoms. The van der Waals surface area contributed by atoms with E-state index in [0.29, 0.717) is 0 Å². The van der Waals surface area contributed by atoms with Crippen LogP contribution in [0.25, 0.3) is 0 Å². The summed E-state index contributed by atoms with van der Waals surface area (Å²) in [6, 6.07) is 11.1. The molecule has 1 aromatic carbocycles. The predicted molar refractivity (Wildman–Crippen MR) is 80.2 cm³/mol. The maximum Gasteiger partial charge on any atom is 0.123 e. The van der Waals surface area contributed by atoms with Gasteiger partial charge in [0.25, 0.3) is 0 Å². The van der Waals surface area contributed by atoms with Crippen molar-refractivity contribution in [1.29, 1.82) is 0 Å². The summed E-state index contributed by atoms with van der Waals surface area (Å²) < 4.78 is 13.3. The highest BCUT2D eigenvalue weighted by molar-refractivity contribution is 5.28. The molecule has 0 bridgehead atoms. The van der Waals surface area contributed by atoms with Crippen molar-refractivity contribution in [3.8, 4) is 0 Å². The first-order valence-corrected chi connectivity index (χ1v) is 7.02. The highest BCUT2D eigenvalue weighted by atomic mass is 19.1.